The largest absolute Gasteiger partial charge is 0.461 e. The van der Waals surface area contributed by atoms with Crippen molar-refractivity contribution in [2.75, 3.05) is 6.54 Å². The van der Waals surface area contributed by atoms with Crippen molar-refractivity contribution in [3.05, 3.63) is 35.4 Å². The molecule has 0 saturated carbocycles. The number of ether oxygens (including phenoxy) is 1. The molecule has 0 saturated heterocycles. The molecule has 3 nitrogen and oxygen atoms in total. The van der Waals surface area contributed by atoms with Crippen molar-refractivity contribution in [3.63, 3.8) is 0 Å². The second-order valence-corrected chi connectivity index (χ2v) is 4.25. The molecule has 0 heterocycles. The Morgan fingerprint density at radius 1 is 1.18 bits per heavy atom. The summed E-state index contributed by atoms with van der Waals surface area (Å²) in [6.45, 7) is 3.10. The van der Waals surface area contributed by atoms with E-state index >= 15 is 0 Å². The molecule has 0 radical (unpaired) electrons. The third kappa shape index (κ3) is 6.07. The summed E-state index contributed by atoms with van der Waals surface area (Å²) in [4.78, 5) is 11.4. The maximum absolute atomic E-state index is 11.4. The molecule has 0 aromatic heterocycles. The summed E-state index contributed by atoms with van der Waals surface area (Å²) in [7, 11) is 0. The Kier molecular flexibility index (Phi) is 6.33. The van der Waals surface area contributed by atoms with Gasteiger partial charge in [0, 0.05) is 6.42 Å². The first-order valence-electron chi connectivity index (χ1n) is 6.13. The van der Waals surface area contributed by atoms with E-state index < -0.39 is 0 Å². The van der Waals surface area contributed by atoms with E-state index in [1.807, 2.05) is 31.2 Å². The van der Waals surface area contributed by atoms with E-state index in [9.17, 15) is 4.79 Å². The van der Waals surface area contributed by atoms with Gasteiger partial charge in [-0.15, -0.1) is 0 Å². The van der Waals surface area contributed by atoms with Gasteiger partial charge in [0.2, 0.25) is 0 Å². The van der Waals surface area contributed by atoms with Gasteiger partial charge in [-0.25, -0.2) is 0 Å². The summed E-state index contributed by atoms with van der Waals surface area (Å²) in [5.41, 5.74) is 7.62. The van der Waals surface area contributed by atoms with Crippen LogP contribution >= 0.6 is 0 Å². The van der Waals surface area contributed by atoms with Crippen molar-refractivity contribution in [2.45, 2.75) is 39.2 Å². The lowest BCUT2D eigenvalue weighted by Gasteiger charge is -2.05. The van der Waals surface area contributed by atoms with E-state index in [-0.39, 0.29) is 5.97 Å². The maximum atomic E-state index is 11.4. The highest BCUT2D eigenvalue weighted by Gasteiger charge is 2.02. The number of carbonyl (C=O) groups is 1. The Morgan fingerprint density at radius 3 is 2.53 bits per heavy atom. The van der Waals surface area contributed by atoms with E-state index in [2.05, 4.69) is 0 Å². The normalized spacial score (nSPS) is 10.2. The zero-order chi connectivity index (χ0) is 12.5. The highest BCUT2D eigenvalue weighted by atomic mass is 16.5. The van der Waals surface area contributed by atoms with Gasteiger partial charge in [0.25, 0.3) is 0 Å². The standard InChI is InChI=1S/C14H21NO2/c1-12-6-8-13(9-7-12)11-17-14(16)5-3-2-4-10-15/h6-9H,2-5,10-11,15H2,1H3. The highest BCUT2D eigenvalue weighted by molar-refractivity contribution is 5.69. The fourth-order valence-electron chi connectivity index (χ4n) is 1.51. The first-order valence-corrected chi connectivity index (χ1v) is 6.13. The Hall–Kier alpha value is -1.35. The first kappa shape index (κ1) is 13.7. The predicted octanol–water partition coefficient (Wildman–Crippen LogP) is 2.56. The number of hydrogen-bond donors (Lipinski definition) is 1. The molecule has 1 aromatic carbocycles. The zero-order valence-corrected chi connectivity index (χ0v) is 10.4. The topological polar surface area (TPSA) is 52.3 Å². The number of nitrogens with two attached hydrogens (primary N) is 1. The third-order valence-corrected chi connectivity index (χ3v) is 2.61. The summed E-state index contributed by atoms with van der Waals surface area (Å²) >= 11 is 0. The summed E-state index contributed by atoms with van der Waals surface area (Å²) in [6.07, 6.45) is 3.33. The molecule has 0 aliphatic rings. The molecule has 0 spiro atoms. The lowest BCUT2D eigenvalue weighted by Crippen LogP contribution is -2.05. The summed E-state index contributed by atoms with van der Waals surface area (Å²) < 4.78 is 5.18. The fourth-order valence-corrected chi connectivity index (χ4v) is 1.51. The van der Waals surface area contributed by atoms with Gasteiger partial charge in [-0.05, 0) is 31.9 Å². The molecule has 17 heavy (non-hydrogen) atoms. The number of carbonyl (C=O) groups excluding carboxylic acids is 1. The van der Waals surface area contributed by atoms with Crippen LogP contribution in [-0.2, 0) is 16.1 Å². The van der Waals surface area contributed by atoms with Crippen LogP contribution in [0.1, 0.15) is 36.8 Å². The van der Waals surface area contributed by atoms with Crippen LogP contribution in [0.3, 0.4) is 0 Å². The van der Waals surface area contributed by atoms with Gasteiger partial charge in [-0.3, -0.25) is 4.79 Å². The van der Waals surface area contributed by atoms with E-state index in [1.54, 1.807) is 0 Å². The minimum absolute atomic E-state index is 0.123. The quantitative estimate of drug-likeness (QED) is 0.583. The molecule has 94 valence electrons. The molecule has 0 bridgehead atoms. The van der Waals surface area contributed by atoms with Gasteiger partial charge in [0.05, 0.1) is 0 Å². The van der Waals surface area contributed by atoms with E-state index in [0.717, 1.165) is 24.8 Å². The SMILES string of the molecule is Cc1ccc(COC(=O)CCCCCN)cc1. The number of aryl methyl sites for hydroxylation is 1. The number of unbranched alkanes of at least 4 members (excludes halogenated alkanes) is 2. The van der Waals surface area contributed by atoms with Crippen molar-refractivity contribution in [2.24, 2.45) is 5.73 Å². The maximum Gasteiger partial charge on any atom is 0.306 e. The number of benzene rings is 1. The Balaban J connectivity index is 2.17. The zero-order valence-electron chi connectivity index (χ0n) is 10.4. The van der Waals surface area contributed by atoms with E-state index in [1.165, 1.54) is 5.56 Å². The molecule has 2 N–H and O–H groups in total. The van der Waals surface area contributed by atoms with Gasteiger partial charge < -0.3 is 10.5 Å². The number of hydrogen-bond acceptors (Lipinski definition) is 3. The summed E-state index contributed by atoms with van der Waals surface area (Å²) in [6, 6.07) is 8.00. The smallest absolute Gasteiger partial charge is 0.306 e. The van der Waals surface area contributed by atoms with Crippen molar-refractivity contribution >= 4 is 5.97 Å². The van der Waals surface area contributed by atoms with Gasteiger partial charge >= 0.3 is 5.97 Å². The molecule has 0 fully saturated rings. The molecule has 0 atom stereocenters. The van der Waals surface area contributed by atoms with Gasteiger partial charge in [0.1, 0.15) is 6.61 Å². The van der Waals surface area contributed by atoms with Crippen LogP contribution in [0.15, 0.2) is 24.3 Å². The Bertz CT molecular complexity index is 333. The van der Waals surface area contributed by atoms with Crippen LogP contribution in [-0.4, -0.2) is 12.5 Å². The second kappa shape index (κ2) is 7.85. The molecule has 0 aliphatic carbocycles. The van der Waals surface area contributed by atoms with Crippen molar-refractivity contribution < 1.29 is 9.53 Å². The van der Waals surface area contributed by atoms with Crippen LogP contribution < -0.4 is 5.73 Å². The summed E-state index contributed by atoms with van der Waals surface area (Å²) in [5.74, 6) is -0.123. The van der Waals surface area contributed by atoms with Crippen LogP contribution in [0, 0.1) is 6.92 Å². The lowest BCUT2D eigenvalue weighted by molar-refractivity contribution is -0.145. The van der Waals surface area contributed by atoms with E-state index in [4.69, 9.17) is 10.5 Å². The molecule has 0 aliphatic heterocycles. The van der Waals surface area contributed by atoms with E-state index in [0.29, 0.717) is 19.6 Å². The molecule has 0 unspecified atom stereocenters. The Labute approximate surface area is 103 Å². The molecular weight excluding hydrogens is 214 g/mol. The molecule has 3 heteroatoms. The lowest BCUT2D eigenvalue weighted by atomic mass is 10.2. The molecule has 0 amide bonds. The molecular formula is C14H21NO2. The number of esters is 1. The highest BCUT2D eigenvalue weighted by Crippen LogP contribution is 2.06. The minimum Gasteiger partial charge on any atom is -0.461 e. The van der Waals surface area contributed by atoms with Crippen molar-refractivity contribution in [1.82, 2.24) is 0 Å². The predicted molar refractivity (Wildman–Crippen MR) is 68.5 cm³/mol. The third-order valence-electron chi connectivity index (χ3n) is 2.61. The van der Waals surface area contributed by atoms with Crippen LogP contribution in [0.2, 0.25) is 0 Å². The molecule has 1 aromatic rings. The minimum atomic E-state index is -0.123. The van der Waals surface area contributed by atoms with Crippen LogP contribution in [0.5, 0.6) is 0 Å². The average Bonchev–Trinajstić information content (AvgIpc) is 2.34. The summed E-state index contributed by atoms with van der Waals surface area (Å²) in [5, 5.41) is 0. The average molecular weight is 235 g/mol. The monoisotopic (exact) mass is 235 g/mol. The second-order valence-electron chi connectivity index (χ2n) is 4.25. The van der Waals surface area contributed by atoms with Crippen LogP contribution in [0.4, 0.5) is 0 Å². The Morgan fingerprint density at radius 2 is 1.88 bits per heavy atom. The fraction of sp³-hybridized carbons (Fsp3) is 0.500. The van der Waals surface area contributed by atoms with Crippen molar-refractivity contribution in [1.29, 1.82) is 0 Å². The van der Waals surface area contributed by atoms with Gasteiger partial charge in [-0.1, -0.05) is 36.2 Å². The van der Waals surface area contributed by atoms with Gasteiger partial charge in [0.15, 0.2) is 0 Å². The van der Waals surface area contributed by atoms with Crippen molar-refractivity contribution in [3.8, 4) is 0 Å². The number of rotatable bonds is 7. The molecule has 1 rings (SSSR count). The van der Waals surface area contributed by atoms with Crippen LogP contribution in [0.25, 0.3) is 0 Å². The van der Waals surface area contributed by atoms with Gasteiger partial charge in [-0.2, -0.15) is 0 Å². The first-order chi connectivity index (χ1) is 8.22.